The Bertz CT molecular complexity index is 387. The average molecular weight is 220 g/mol. The minimum absolute atomic E-state index is 0.165. The highest BCUT2D eigenvalue weighted by molar-refractivity contribution is 5.83. The van der Waals surface area contributed by atoms with Crippen molar-refractivity contribution in [2.45, 2.75) is 25.4 Å². The second kappa shape index (κ2) is 4.66. The highest BCUT2D eigenvalue weighted by Gasteiger charge is 2.32. The van der Waals surface area contributed by atoms with Gasteiger partial charge in [0.2, 0.25) is 0 Å². The summed E-state index contributed by atoms with van der Waals surface area (Å²) in [5, 5.41) is 10.2. The van der Waals surface area contributed by atoms with Crippen LogP contribution in [0.25, 0.3) is 0 Å². The van der Waals surface area contributed by atoms with Crippen molar-refractivity contribution in [1.29, 1.82) is 0 Å². The van der Waals surface area contributed by atoms with E-state index in [1.54, 1.807) is 13.2 Å². The Morgan fingerprint density at radius 1 is 1.44 bits per heavy atom. The standard InChI is InChI=1S/C13H16O3/c1-16-12-8-3-2-5-10(12)13(15)9-6-4-7-11(9)14/h2-3,5,8-9,13,15H,4,6-7H2,1H3/t9-,13-/m1/s1. The molecule has 0 saturated heterocycles. The van der Waals surface area contributed by atoms with Gasteiger partial charge in [0.25, 0.3) is 0 Å². The molecule has 0 heterocycles. The van der Waals surface area contributed by atoms with Gasteiger partial charge in [-0.05, 0) is 18.9 Å². The van der Waals surface area contributed by atoms with Crippen LogP contribution >= 0.6 is 0 Å². The van der Waals surface area contributed by atoms with E-state index in [-0.39, 0.29) is 11.7 Å². The van der Waals surface area contributed by atoms with Gasteiger partial charge >= 0.3 is 0 Å². The van der Waals surface area contributed by atoms with E-state index in [2.05, 4.69) is 0 Å². The van der Waals surface area contributed by atoms with E-state index in [0.717, 1.165) is 12.8 Å². The van der Waals surface area contributed by atoms with Gasteiger partial charge in [0, 0.05) is 17.9 Å². The molecule has 1 aromatic carbocycles. The summed E-state index contributed by atoms with van der Waals surface area (Å²) in [7, 11) is 1.57. The van der Waals surface area contributed by atoms with Crippen LogP contribution in [0.2, 0.25) is 0 Å². The molecular formula is C13H16O3. The molecule has 1 saturated carbocycles. The summed E-state index contributed by atoms with van der Waals surface area (Å²) in [4.78, 5) is 11.6. The molecule has 0 spiro atoms. The predicted molar refractivity (Wildman–Crippen MR) is 60.3 cm³/mol. The molecule has 86 valence electrons. The zero-order valence-electron chi connectivity index (χ0n) is 9.35. The molecule has 2 rings (SSSR count). The second-order valence-electron chi connectivity index (χ2n) is 4.15. The summed E-state index contributed by atoms with van der Waals surface area (Å²) in [5.41, 5.74) is 0.713. The summed E-state index contributed by atoms with van der Waals surface area (Å²) in [6.07, 6.45) is 1.52. The van der Waals surface area contributed by atoms with Crippen molar-refractivity contribution in [3.05, 3.63) is 29.8 Å². The summed E-state index contributed by atoms with van der Waals surface area (Å²) < 4.78 is 5.19. The Labute approximate surface area is 95.0 Å². The first-order valence-corrected chi connectivity index (χ1v) is 5.57. The van der Waals surface area contributed by atoms with Gasteiger partial charge in [-0.1, -0.05) is 18.2 Å². The minimum atomic E-state index is -0.730. The fourth-order valence-electron chi connectivity index (χ4n) is 2.30. The Morgan fingerprint density at radius 2 is 2.19 bits per heavy atom. The van der Waals surface area contributed by atoms with Gasteiger partial charge in [-0.2, -0.15) is 0 Å². The number of ketones is 1. The Kier molecular flexibility index (Phi) is 3.25. The fraction of sp³-hybridized carbons (Fsp3) is 0.462. The molecule has 2 atom stereocenters. The van der Waals surface area contributed by atoms with Crippen molar-refractivity contribution < 1.29 is 14.6 Å². The number of hydrogen-bond acceptors (Lipinski definition) is 3. The molecule has 0 aliphatic heterocycles. The first kappa shape index (κ1) is 11.1. The number of hydrogen-bond donors (Lipinski definition) is 1. The molecule has 16 heavy (non-hydrogen) atoms. The lowest BCUT2D eigenvalue weighted by atomic mass is 9.93. The van der Waals surface area contributed by atoms with Crippen LogP contribution in [0, 0.1) is 5.92 Å². The number of aliphatic hydroxyl groups excluding tert-OH is 1. The smallest absolute Gasteiger partial charge is 0.138 e. The SMILES string of the molecule is COc1ccccc1[C@H](O)[C@@H]1CCCC1=O. The quantitative estimate of drug-likeness (QED) is 0.848. The maximum Gasteiger partial charge on any atom is 0.138 e. The van der Waals surface area contributed by atoms with Gasteiger partial charge in [-0.15, -0.1) is 0 Å². The first-order valence-electron chi connectivity index (χ1n) is 5.57. The molecule has 3 nitrogen and oxygen atoms in total. The molecule has 3 heteroatoms. The van der Waals surface area contributed by atoms with Crippen LogP contribution in [0.5, 0.6) is 5.75 Å². The summed E-state index contributed by atoms with van der Waals surface area (Å²) >= 11 is 0. The Morgan fingerprint density at radius 3 is 2.81 bits per heavy atom. The topological polar surface area (TPSA) is 46.5 Å². The Balaban J connectivity index is 2.26. The minimum Gasteiger partial charge on any atom is -0.496 e. The van der Waals surface area contributed by atoms with Gasteiger partial charge in [-0.25, -0.2) is 0 Å². The third-order valence-electron chi connectivity index (χ3n) is 3.19. The molecule has 0 aromatic heterocycles. The van der Waals surface area contributed by atoms with E-state index in [0.29, 0.717) is 17.7 Å². The average Bonchev–Trinajstić information content (AvgIpc) is 2.74. The van der Waals surface area contributed by atoms with Crippen molar-refractivity contribution in [2.75, 3.05) is 7.11 Å². The molecule has 0 radical (unpaired) electrons. The van der Waals surface area contributed by atoms with Crippen molar-refractivity contribution >= 4 is 5.78 Å². The number of para-hydroxylation sites is 1. The largest absolute Gasteiger partial charge is 0.496 e. The highest BCUT2D eigenvalue weighted by Crippen LogP contribution is 2.36. The first-order chi connectivity index (χ1) is 7.74. The van der Waals surface area contributed by atoms with Crippen LogP contribution in [-0.4, -0.2) is 18.0 Å². The molecule has 0 amide bonds. The van der Waals surface area contributed by atoms with Gasteiger partial charge in [-0.3, -0.25) is 4.79 Å². The van der Waals surface area contributed by atoms with Crippen LogP contribution in [0.1, 0.15) is 30.9 Å². The van der Waals surface area contributed by atoms with Crippen molar-refractivity contribution in [2.24, 2.45) is 5.92 Å². The lowest BCUT2D eigenvalue weighted by Gasteiger charge is -2.19. The van der Waals surface area contributed by atoms with Gasteiger partial charge in [0.15, 0.2) is 0 Å². The van der Waals surface area contributed by atoms with Crippen LogP contribution in [0.3, 0.4) is 0 Å². The number of rotatable bonds is 3. The summed E-state index contributed by atoms with van der Waals surface area (Å²) in [5.74, 6) is 0.560. The molecule has 1 fully saturated rings. The van der Waals surface area contributed by atoms with Gasteiger partial charge in [0.1, 0.15) is 11.5 Å². The number of aliphatic hydroxyl groups is 1. The molecule has 0 unspecified atom stereocenters. The van der Waals surface area contributed by atoms with E-state index < -0.39 is 6.10 Å². The van der Waals surface area contributed by atoms with Crippen LogP contribution in [0.4, 0.5) is 0 Å². The number of carbonyl (C=O) groups excluding carboxylic acids is 1. The molecule has 0 bridgehead atoms. The summed E-state index contributed by atoms with van der Waals surface area (Å²) in [6.45, 7) is 0. The normalized spacial score (nSPS) is 22.1. The van der Waals surface area contributed by atoms with E-state index >= 15 is 0 Å². The Hall–Kier alpha value is -1.35. The molecular weight excluding hydrogens is 204 g/mol. The monoisotopic (exact) mass is 220 g/mol. The van der Waals surface area contributed by atoms with Crippen molar-refractivity contribution in [1.82, 2.24) is 0 Å². The van der Waals surface area contributed by atoms with E-state index in [1.165, 1.54) is 0 Å². The molecule has 1 aliphatic rings. The second-order valence-corrected chi connectivity index (χ2v) is 4.15. The third kappa shape index (κ3) is 1.95. The maximum atomic E-state index is 11.6. The number of Topliss-reactive ketones (excluding diaryl/α,β-unsaturated/α-hetero) is 1. The number of benzene rings is 1. The number of methoxy groups -OCH3 is 1. The van der Waals surface area contributed by atoms with E-state index in [1.807, 2.05) is 18.2 Å². The van der Waals surface area contributed by atoms with Crippen LogP contribution < -0.4 is 4.74 Å². The number of ether oxygens (including phenoxy) is 1. The predicted octanol–water partition coefficient (Wildman–Crippen LogP) is 2.10. The van der Waals surface area contributed by atoms with Crippen molar-refractivity contribution in [3.63, 3.8) is 0 Å². The zero-order valence-corrected chi connectivity index (χ0v) is 9.35. The lowest BCUT2D eigenvalue weighted by Crippen LogP contribution is -2.17. The molecule has 1 N–H and O–H groups in total. The maximum absolute atomic E-state index is 11.6. The van der Waals surface area contributed by atoms with E-state index in [9.17, 15) is 9.90 Å². The van der Waals surface area contributed by atoms with Crippen molar-refractivity contribution in [3.8, 4) is 5.75 Å². The molecule has 1 aromatic rings. The molecule has 1 aliphatic carbocycles. The highest BCUT2D eigenvalue weighted by atomic mass is 16.5. The van der Waals surface area contributed by atoms with Crippen LogP contribution in [0.15, 0.2) is 24.3 Å². The van der Waals surface area contributed by atoms with Crippen LogP contribution in [-0.2, 0) is 4.79 Å². The zero-order chi connectivity index (χ0) is 11.5. The lowest BCUT2D eigenvalue weighted by molar-refractivity contribution is -0.123. The number of carbonyl (C=O) groups is 1. The summed E-state index contributed by atoms with van der Waals surface area (Å²) in [6, 6.07) is 7.32. The third-order valence-corrected chi connectivity index (χ3v) is 3.19. The van der Waals surface area contributed by atoms with Gasteiger partial charge in [0.05, 0.1) is 13.2 Å². The van der Waals surface area contributed by atoms with Gasteiger partial charge < -0.3 is 9.84 Å². The fourth-order valence-corrected chi connectivity index (χ4v) is 2.30. The van der Waals surface area contributed by atoms with E-state index in [4.69, 9.17) is 4.74 Å².